The molecule has 1 aromatic rings. The highest BCUT2D eigenvalue weighted by molar-refractivity contribution is 5.46. The van der Waals surface area contributed by atoms with Crippen LogP contribution in [0.25, 0.3) is 0 Å². The van der Waals surface area contributed by atoms with E-state index in [-0.39, 0.29) is 0 Å². The van der Waals surface area contributed by atoms with Gasteiger partial charge < -0.3 is 10.2 Å². The summed E-state index contributed by atoms with van der Waals surface area (Å²) in [7, 11) is 0. The third-order valence-electron chi connectivity index (χ3n) is 4.91. The standard InChI is InChI=1S/C17H28N4/c1-3-10-18-17-19-13(2)12-16(20-17)21-11-6-8-14-7-4-5-9-15(14)21/h12,14-15H,3-11H2,1-2H3,(H,18,19,20)/t14-,15-/m1/s1. The Hall–Kier alpha value is -1.32. The van der Waals surface area contributed by atoms with Gasteiger partial charge in [-0.15, -0.1) is 0 Å². The molecule has 0 amide bonds. The van der Waals surface area contributed by atoms with Gasteiger partial charge >= 0.3 is 0 Å². The SMILES string of the molecule is CCCNc1nc(C)cc(N2CCC[C@H]3CCCC[C@H]32)n1. The molecule has 4 nitrogen and oxygen atoms in total. The summed E-state index contributed by atoms with van der Waals surface area (Å²) < 4.78 is 0. The van der Waals surface area contributed by atoms with E-state index in [1.807, 2.05) is 0 Å². The summed E-state index contributed by atoms with van der Waals surface area (Å²) >= 11 is 0. The van der Waals surface area contributed by atoms with Gasteiger partial charge in [-0.05, 0) is 44.9 Å². The van der Waals surface area contributed by atoms with E-state index in [2.05, 4.69) is 35.1 Å². The lowest BCUT2D eigenvalue weighted by atomic mass is 9.78. The lowest BCUT2D eigenvalue weighted by Crippen LogP contribution is -2.47. The molecule has 3 rings (SSSR count). The van der Waals surface area contributed by atoms with Crippen LogP contribution < -0.4 is 10.2 Å². The van der Waals surface area contributed by atoms with Crippen molar-refractivity contribution in [2.75, 3.05) is 23.3 Å². The zero-order valence-corrected chi connectivity index (χ0v) is 13.4. The van der Waals surface area contributed by atoms with E-state index in [1.54, 1.807) is 0 Å². The topological polar surface area (TPSA) is 41.1 Å². The van der Waals surface area contributed by atoms with Crippen molar-refractivity contribution < 1.29 is 0 Å². The van der Waals surface area contributed by atoms with Crippen molar-refractivity contribution in [1.29, 1.82) is 0 Å². The van der Waals surface area contributed by atoms with Gasteiger partial charge in [-0.1, -0.05) is 19.8 Å². The van der Waals surface area contributed by atoms with Gasteiger partial charge in [0.2, 0.25) is 5.95 Å². The first-order chi connectivity index (χ1) is 10.3. The zero-order chi connectivity index (χ0) is 14.7. The van der Waals surface area contributed by atoms with Crippen LogP contribution in [-0.2, 0) is 0 Å². The monoisotopic (exact) mass is 288 g/mol. The lowest BCUT2D eigenvalue weighted by Gasteiger charge is -2.44. The van der Waals surface area contributed by atoms with Crippen molar-refractivity contribution in [3.63, 3.8) is 0 Å². The molecule has 1 aromatic heterocycles. The summed E-state index contributed by atoms with van der Waals surface area (Å²) in [6, 6.07) is 2.87. The number of nitrogens with zero attached hydrogens (tertiary/aromatic N) is 3. The number of aryl methyl sites for hydroxylation is 1. The van der Waals surface area contributed by atoms with E-state index in [9.17, 15) is 0 Å². The average molecular weight is 288 g/mol. The van der Waals surface area contributed by atoms with Crippen molar-refractivity contribution in [2.45, 2.75) is 64.8 Å². The third-order valence-corrected chi connectivity index (χ3v) is 4.91. The molecular formula is C17H28N4. The fraction of sp³-hybridized carbons (Fsp3) is 0.765. The van der Waals surface area contributed by atoms with E-state index in [0.29, 0.717) is 6.04 Å². The molecule has 1 N–H and O–H groups in total. The van der Waals surface area contributed by atoms with Crippen molar-refractivity contribution in [3.8, 4) is 0 Å². The summed E-state index contributed by atoms with van der Waals surface area (Å²) in [5.41, 5.74) is 1.07. The van der Waals surface area contributed by atoms with Crippen LogP contribution in [0.2, 0.25) is 0 Å². The predicted octanol–water partition coefficient (Wildman–Crippen LogP) is 3.77. The number of nitrogens with one attached hydrogen (secondary N) is 1. The largest absolute Gasteiger partial charge is 0.354 e. The van der Waals surface area contributed by atoms with Crippen molar-refractivity contribution in [3.05, 3.63) is 11.8 Å². The predicted molar refractivity (Wildman–Crippen MR) is 87.9 cm³/mol. The minimum atomic E-state index is 0.709. The molecule has 0 spiro atoms. The van der Waals surface area contributed by atoms with Gasteiger partial charge in [0.25, 0.3) is 0 Å². The maximum absolute atomic E-state index is 4.79. The Morgan fingerprint density at radius 2 is 2.00 bits per heavy atom. The van der Waals surface area contributed by atoms with Gasteiger partial charge in [-0.3, -0.25) is 0 Å². The molecule has 0 unspecified atom stereocenters. The first-order valence-corrected chi connectivity index (χ1v) is 8.64. The van der Waals surface area contributed by atoms with Crippen LogP contribution >= 0.6 is 0 Å². The molecule has 2 aliphatic rings. The van der Waals surface area contributed by atoms with Crippen LogP contribution in [0.3, 0.4) is 0 Å². The van der Waals surface area contributed by atoms with Crippen LogP contribution in [0.1, 0.15) is 57.6 Å². The normalized spacial score (nSPS) is 25.5. The molecule has 0 radical (unpaired) electrons. The number of hydrogen-bond acceptors (Lipinski definition) is 4. The first kappa shape index (κ1) is 14.6. The summed E-state index contributed by atoms with van der Waals surface area (Å²) in [5.74, 6) is 2.82. The maximum atomic E-state index is 4.79. The second-order valence-electron chi connectivity index (χ2n) is 6.57. The Balaban J connectivity index is 1.82. The van der Waals surface area contributed by atoms with Gasteiger partial charge in [-0.2, -0.15) is 4.98 Å². The lowest BCUT2D eigenvalue weighted by molar-refractivity contribution is 0.242. The Kier molecular flexibility index (Phi) is 4.61. The molecule has 0 bridgehead atoms. The number of aromatic nitrogens is 2. The second-order valence-corrected chi connectivity index (χ2v) is 6.57. The molecule has 21 heavy (non-hydrogen) atoms. The Morgan fingerprint density at radius 3 is 2.86 bits per heavy atom. The molecule has 4 heteroatoms. The maximum Gasteiger partial charge on any atom is 0.224 e. The highest BCUT2D eigenvalue weighted by atomic mass is 15.3. The number of hydrogen-bond donors (Lipinski definition) is 1. The molecule has 1 saturated carbocycles. The van der Waals surface area contributed by atoms with Crippen LogP contribution in [0.4, 0.5) is 11.8 Å². The highest BCUT2D eigenvalue weighted by Gasteiger charge is 2.34. The number of fused-ring (bicyclic) bond motifs is 1. The van der Waals surface area contributed by atoms with Crippen molar-refractivity contribution in [1.82, 2.24) is 9.97 Å². The van der Waals surface area contributed by atoms with Crippen molar-refractivity contribution in [2.24, 2.45) is 5.92 Å². The van der Waals surface area contributed by atoms with E-state index in [4.69, 9.17) is 4.98 Å². The van der Waals surface area contributed by atoms with Gasteiger partial charge in [0, 0.05) is 30.9 Å². The summed E-state index contributed by atoms with van der Waals surface area (Å²) in [6.45, 7) is 6.34. The Morgan fingerprint density at radius 1 is 1.19 bits per heavy atom. The second kappa shape index (κ2) is 6.63. The molecule has 0 aromatic carbocycles. The van der Waals surface area contributed by atoms with E-state index in [0.717, 1.165) is 42.9 Å². The first-order valence-electron chi connectivity index (χ1n) is 8.64. The zero-order valence-electron chi connectivity index (χ0n) is 13.4. The molecule has 116 valence electrons. The number of piperidine rings is 1. The summed E-state index contributed by atoms with van der Waals surface area (Å²) in [4.78, 5) is 11.9. The molecular weight excluding hydrogens is 260 g/mol. The molecule has 2 fully saturated rings. The smallest absolute Gasteiger partial charge is 0.224 e. The summed E-state index contributed by atoms with van der Waals surface area (Å²) in [6.07, 6.45) is 9.36. The average Bonchev–Trinajstić information content (AvgIpc) is 2.52. The highest BCUT2D eigenvalue weighted by Crippen LogP contribution is 2.37. The van der Waals surface area contributed by atoms with Gasteiger partial charge in [-0.25, -0.2) is 4.98 Å². The quantitative estimate of drug-likeness (QED) is 0.915. The Bertz CT molecular complexity index is 472. The Labute approximate surface area is 128 Å². The fourth-order valence-corrected chi connectivity index (χ4v) is 3.92. The van der Waals surface area contributed by atoms with Gasteiger partial charge in [0.15, 0.2) is 0 Å². The number of anilines is 2. The molecule has 1 aliphatic carbocycles. The minimum absolute atomic E-state index is 0.709. The number of rotatable bonds is 4. The molecule has 1 aliphatic heterocycles. The van der Waals surface area contributed by atoms with Crippen LogP contribution in [0, 0.1) is 12.8 Å². The van der Waals surface area contributed by atoms with Gasteiger partial charge in [0.1, 0.15) is 5.82 Å². The van der Waals surface area contributed by atoms with Crippen LogP contribution in [-0.4, -0.2) is 29.1 Å². The minimum Gasteiger partial charge on any atom is -0.354 e. The fourth-order valence-electron chi connectivity index (χ4n) is 3.92. The third kappa shape index (κ3) is 3.30. The van der Waals surface area contributed by atoms with Crippen LogP contribution in [0.5, 0.6) is 0 Å². The van der Waals surface area contributed by atoms with E-state index >= 15 is 0 Å². The summed E-state index contributed by atoms with van der Waals surface area (Å²) in [5, 5.41) is 3.34. The molecule has 2 heterocycles. The molecule has 1 saturated heterocycles. The van der Waals surface area contributed by atoms with Crippen molar-refractivity contribution >= 4 is 11.8 Å². The van der Waals surface area contributed by atoms with E-state index < -0.39 is 0 Å². The van der Waals surface area contributed by atoms with Crippen LogP contribution in [0.15, 0.2) is 6.07 Å². The van der Waals surface area contributed by atoms with E-state index in [1.165, 1.54) is 38.5 Å². The van der Waals surface area contributed by atoms with Gasteiger partial charge in [0.05, 0.1) is 0 Å². The molecule has 2 atom stereocenters.